The highest BCUT2D eigenvalue weighted by Crippen LogP contribution is 1.87. The Bertz CT molecular complexity index is 63.1. The maximum Gasteiger partial charge on any atom is 0.0968 e. The van der Waals surface area contributed by atoms with Gasteiger partial charge in [-0.1, -0.05) is 0 Å². The number of hydroxylamine groups is 1. The van der Waals surface area contributed by atoms with Crippen molar-refractivity contribution in [2.45, 2.75) is 0 Å². The lowest BCUT2D eigenvalue weighted by atomic mass is 10.6. The van der Waals surface area contributed by atoms with Crippen molar-refractivity contribution in [2.75, 3.05) is 26.6 Å². The van der Waals surface area contributed by atoms with Crippen LogP contribution in [0.15, 0.2) is 0 Å². The van der Waals surface area contributed by atoms with Gasteiger partial charge in [-0.3, -0.25) is 9.74 Å². The third-order valence-electron chi connectivity index (χ3n) is 1.10. The Hall–Kier alpha value is -0.160. The molecule has 4 nitrogen and oxygen atoms in total. The number of aliphatic hydroxyl groups excluding tert-OH is 1. The van der Waals surface area contributed by atoms with Gasteiger partial charge in [0.15, 0.2) is 0 Å². The summed E-state index contributed by atoms with van der Waals surface area (Å²) in [5.74, 6) is 0. The lowest BCUT2D eigenvalue weighted by Crippen LogP contribution is -2.43. The Balaban J connectivity index is 2.13. The number of nitrogens with zero attached hydrogens (tertiary/aromatic N) is 1. The molecule has 1 aliphatic rings. The summed E-state index contributed by atoms with van der Waals surface area (Å²) >= 11 is 0. The lowest BCUT2D eigenvalue weighted by Gasteiger charge is -2.24. The number of aliphatic hydroxyl groups is 1. The fraction of sp³-hybridized carbons (Fsp3) is 1.00. The number of hydrogen-bond acceptors (Lipinski definition) is 4. The van der Waals surface area contributed by atoms with Crippen LogP contribution in [-0.4, -0.2) is 36.6 Å². The van der Waals surface area contributed by atoms with E-state index in [1.807, 2.05) is 4.90 Å². The van der Waals surface area contributed by atoms with Crippen LogP contribution in [0.25, 0.3) is 0 Å². The Morgan fingerprint density at radius 2 is 2.62 bits per heavy atom. The molecule has 48 valence electrons. The van der Waals surface area contributed by atoms with E-state index in [0.717, 1.165) is 6.54 Å². The topological polar surface area (TPSA) is 44.7 Å². The zero-order valence-corrected chi connectivity index (χ0v) is 4.63. The van der Waals surface area contributed by atoms with Gasteiger partial charge in [0.2, 0.25) is 0 Å². The largest absolute Gasteiger partial charge is 0.381 e. The predicted molar refractivity (Wildman–Crippen MR) is 27.7 cm³/mol. The van der Waals surface area contributed by atoms with E-state index >= 15 is 0 Å². The first kappa shape index (κ1) is 5.97. The van der Waals surface area contributed by atoms with Gasteiger partial charge >= 0.3 is 0 Å². The molecule has 8 heavy (non-hydrogen) atoms. The molecule has 1 saturated heterocycles. The lowest BCUT2D eigenvalue weighted by molar-refractivity contribution is -0.0692. The van der Waals surface area contributed by atoms with Gasteiger partial charge in [0.1, 0.15) is 0 Å². The first-order valence-electron chi connectivity index (χ1n) is 2.61. The van der Waals surface area contributed by atoms with Crippen LogP contribution in [0.1, 0.15) is 0 Å². The van der Waals surface area contributed by atoms with Crippen molar-refractivity contribution in [3.8, 4) is 0 Å². The van der Waals surface area contributed by atoms with E-state index in [0.29, 0.717) is 13.3 Å². The van der Waals surface area contributed by atoms with E-state index in [9.17, 15) is 0 Å². The molecule has 2 N–H and O–H groups in total. The molecule has 0 bridgehead atoms. The zero-order chi connectivity index (χ0) is 5.82. The summed E-state index contributed by atoms with van der Waals surface area (Å²) in [4.78, 5) is 6.64. The SMILES string of the molecule is OCN1CCONC1. The predicted octanol–water partition coefficient (Wildman–Crippen LogP) is -1.27. The van der Waals surface area contributed by atoms with Crippen LogP contribution >= 0.6 is 0 Å². The normalized spacial score (nSPS) is 23.6. The van der Waals surface area contributed by atoms with Crippen LogP contribution in [-0.2, 0) is 4.84 Å². The van der Waals surface area contributed by atoms with E-state index in [4.69, 9.17) is 9.94 Å². The van der Waals surface area contributed by atoms with Gasteiger partial charge in [0.05, 0.1) is 20.0 Å². The highest BCUT2D eigenvalue weighted by Gasteiger charge is 2.06. The molecule has 1 fully saturated rings. The molecule has 1 heterocycles. The second-order valence-corrected chi connectivity index (χ2v) is 1.69. The molecule has 1 aliphatic heterocycles. The van der Waals surface area contributed by atoms with Gasteiger partial charge in [-0.05, 0) is 0 Å². The molecule has 0 aromatic carbocycles. The fourth-order valence-electron chi connectivity index (χ4n) is 0.584. The van der Waals surface area contributed by atoms with E-state index in [1.165, 1.54) is 0 Å². The second kappa shape index (κ2) is 2.99. The molecule has 0 spiro atoms. The maximum absolute atomic E-state index is 8.52. The maximum atomic E-state index is 8.52. The number of nitrogens with one attached hydrogen (secondary N) is 1. The first-order chi connectivity index (χ1) is 3.93. The van der Waals surface area contributed by atoms with E-state index in [1.54, 1.807) is 0 Å². The summed E-state index contributed by atoms with van der Waals surface area (Å²) in [6, 6.07) is 0. The molecule has 1 rings (SSSR count). The zero-order valence-electron chi connectivity index (χ0n) is 4.63. The van der Waals surface area contributed by atoms with E-state index < -0.39 is 0 Å². The highest BCUT2D eigenvalue weighted by molar-refractivity contribution is 4.50. The van der Waals surface area contributed by atoms with Crippen molar-refractivity contribution in [1.82, 2.24) is 10.4 Å². The van der Waals surface area contributed by atoms with E-state index in [2.05, 4.69) is 5.48 Å². The minimum absolute atomic E-state index is 0.107. The van der Waals surface area contributed by atoms with Crippen LogP contribution < -0.4 is 5.48 Å². The van der Waals surface area contributed by atoms with Crippen LogP contribution in [0, 0.1) is 0 Å². The van der Waals surface area contributed by atoms with E-state index in [-0.39, 0.29) is 6.73 Å². The van der Waals surface area contributed by atoms with Gasteiger partial charge in [0.25, 0.3) is 0 Å². The first-order valence-corrected chi connectivity index (χ1v) is 2.61. The Morgan fingerprint density at radius 1 is 1.75 bits per heavy atom. The molecule has 0 saturated carbocycles. The number of hydrogen-bond donors (Lipinski definition) is 2. The molecule has 0 atom stereocenters. The van der Waals surface area contributed by atoms with Crippen LogP contribution in [0.5, 0.6) is 0 Å². The molecular formula is C4H10N2O2. The molecule has 0 unspecified atom stereocenters. The van der Waals surface area contributed by atoms with Crippen molar-refractivity contribution in [3.63, 3.8) is 0 Å². The molecule has 0 aliphatic carbocycles. The minimum Gasteiger partial charge on any atom is -0.381 e. The van der Waals surface area contributed by atoms with Gasteiger partial charge in [-0.15, -0.1) is 0 Å². The quantitative estimate of drug-likeness (QED) is 0.450. The molecular weight excluding hydrogens is 108 g/mol. The highest BCUT2D eigenvalue weighted by atomic mass is 16.6. The summed E-state index contributed by atoms with van der Waals surface area (Å²) in [7, 11) is 0. The fourth-order valence-corrected chi connectivity index (χ4v) is 0.584. The molecule has 0 radical (unpaired) electrons. The summed E-state index contributed by atoms with van der Waals surface area (Å²) in [6.45, 7) is 2.19. The summed E-state index contributed by atoms with van der Waals surface area (Å²) < 4.78 is 0. The van der Waals surface area contributed by atoms with Crippen molar-refractivity contribution in [2.24, 2.45) is 0 Å². The number of rotatable bonds is 1. The van der Waals surface area contributed by atoms with Crippen LogP contribution in [0.4, 0.5) is 0 Å². The standard InChI is InChI=1S/C4H10N2O2/c7-4-6-1-2-8-5-3-6/h5,7H,1-4H2. The average molecular weight is 118 g/mol. The van der Waals surface area contributed by atoms with Gasteiger partial charge in [-0.25, -0.2) is 0 Å². The Morgan fingerprint density at radius 3 is 3.00 bits per heavy atom. The van der Waals surface area contributed by atoms with Gasteiger partial charge < -0.3 is 5.11 Å². The Kier molecular flexibility index (Phi) is 2.23. The Labute approximate surface area is 48.0 Å². The van der Waals surface area contributed by atoms with Gasteiger partial charge in [-0.2, -0.15) is 5.48 Å². The minimum atomic E-state index is 0.107. The molecule has 0 aromatic rings. The van der Waals surface area contributed by atoms with Crippen molar-refractivity contribution >= 4 is 0 Å². The third kappa shape index (κ3) is 1.41. The van der Waals surface area contributed by atoms with Crippen molar-refractivity contribution in [1.29, 1.82) is 0 Å². The average Bonchev–Trinajstić information content (AvgIpc) is 1.90. The van der Waals surface area contributed by atoms with Crippen molar-refractivity contribution < 1.29 is 9.94 Å². The smallest absolute Gasteiger partial charge is 0.0968 e. The summed E-state index contributed by atoms with van der Waals surface area (Å²) in [5, 5.41) is 8.52. The monoisotopic (exact) mass is 118 g/mol. The summed E-state index contributed by atoms with van der Waals surface area (Å²) in [5.41, 5.74) is 2.65. The third-order valence-corrected chi connectivity index (χ3v) is 1.10. The van der Waals surface area contributed by atoms with Crippen LogP contribution in [0.2, 0.25) is 0 Å². The van der Waals surface area contributed by atoms with Crippen LogP contribution in [0.3, 0.4) is 0 Å². The van der Waals surface area contributed by atoms with Crippen molar-refractivity contribution in [3.05, 3.63) is 0 Å². The van der Waals surface area contributed by atoms with Gasteiger partial charge in [0, 0.05) is 6.54 Å². The molecule has 0 aromatic heterocycles. The summed E-state index contributed by atoms with van der Waals surface area (Å²) in [6.07, 6.45) is 0. The molecule has 0 amide bonds. The molecule has 4 heteroatoms. The second-order valence-electron chi connectivity index (χ2n) is 1.69.